The largest absolute Gasteiger partial charge is 0.496 e. The minimum Gasteiger partial charge on any atom is -0.496 e. The summed E-state index contributed by atoms with van der Waals surface area (Å²) >= 11 is 0. The third-order valence-corrected chi connectivity index (χ3v) is 7.97. The van der Waals surface area contributed by atoms with Crippen LogP contribution in [0.25, 0.3) is 11.1 Å². The molecule has 0 bridgehead atoms. The topological polar surface area (TPSA) is 107 Å². The molecule has 214 valence electrons. The van der Waals surface area contributed by atoms with Crippen LogP contribution in [0.15, 0.2) is 76.4 Å². The number of aryl methyl sites for hydroxylation is 1. The Hall–Kier alpha value is -4.51. The van der Waals surface area contributed by atoms with E-state index in [2.05, 4.69) is 5.32 Å². The van der Waals surface area contributed by atoms with Gasteiger partial charge in [0.25, 0.3) is 11.0 Å². The zero-order chi connectivity index (χ0) is 29.5. The fourth-order valence-electron chi connectivity index (χ4n) is 4.83. The average molecular weight is 581 g/mol. The van der Waals surface area contributed by atoms with Crippen molar-refractivity contribution in [3.8, 4) is 28.4 Å². The van der Waals surface area contributed by atoms with Gasteiger partial charge in [-0.3, -0.25) is 4.79 Å². The molecule has 0 atom stereocenters. The summed E-state index contributed by atoms with van der Waals surface area (Å²) in [5.41, 5.74) is 3.13. The van der Waals surface area contributed by atoms with Gasteiger partial charge in [-0.15, -0.1) is 0 Å². The monoisotopic (exact) mass is 580 g/mol. The highest BCUT2D eigenvalue weighted by Crippen LogP contribution is 2.45. The van der Waals surface area contributed by atoms with E-state index >= 15 is 0 Å². The van der Waals surface area contributed by atoms with E-state index in [1.807, 2.05) is 19.1 Å². The fraction of sp³-hybridized carbons (Fsp3) is 0.233. The molecular formula is C30H29FN2O7S. The van der Waals surface area contributed by atoms with Crippen molar-refractivity contribution in [1.82, 2.24) is 0 Å². The van der Waals surface area contributed by atoms with Crippen LogP contribution in [0.3, 0.4) is 0 Å². The van der Waals surface area contributed by atoms with Crippen LogP contribution in [0.1, 0.15) is 25.0 Å². The minimum atomic E-state index is -4.19. The highest BCUT2D eigenvalue weighted by Gasteiger charge is 2.39. The van der Waals surface area contributed by atoms with E-state index in [-0.39, 0.29) is 23.4 Å². The number of halogens is 1. The first-order valence-corrected chi connectivity index (χ1v) is 14.1. The number of amides is 1. The van der Waals surface area contributed by atoms with Crippen molar-refractivity contribution in [3.05, 3.63) is 83.9 Å². The van der Waals surface area contributed by atoms with Gasteiger partial charge in [-0.2, -0.15) is 8.42 Å². The number of methoxy groups -OCH3 is 1. The van der Waals surface area contributed by atoms with Gasteiger partial charge < -0.3 is 28.3 Å². The Labute approximate surface area is 237 Å². The third-order valence-electron chi connectivity index (χ3n) is 6.84. The molecule has 0 spiro atoms. The van der Waals surface area contributed by atoms with Crippen LogP contribution in [0.4, 0.5) is 15.8 Å². The molecule has 1 aromatic heterocycles. The highest BCUT2D eigenvalue weighted by molar-refractivity contribution is 7.87. The Balaban J connectivity index is 1.61. The molecule has 0 fully saturated rings. The van der Waals surface area contributed by atoms with Crippen molar-refractivity contribution < 1.29 is 35.7 Å². The number of likely N-dealkylation sites (N-methyl/N-ethyl adjacent to an activating group) is 1. The quantitative estimate of drug-likeness (QED) is 0.256. The van der Waals surface area contributed by atoms with E-state index in [1.54, 1.807) is 37.9 Å². The number of furan rings is 1. The first kappa shape index (κ1) is 28.0. The van der Waals surface area contributed by atoms with E-state index in [4.69, 9.17) is 18.1 Å². The molecule has 1 amide bonds. The average Bonchev–Trinajstić information content (AvgIpc) is 3.48. The number of rotatable bonds is 8. The number of nitrogens with one attached hydrogen (secondary N) is 1. The molecule has 3 aromatic carbocycles. The summed E-state index contributed by atoms with van der Waals surface area (Å²) in [4.78, 5) is 14.8. The Bertz CT molecular complexity index is 1730. The molecule has 1 aliphatic rings. The van der Waals surface area contributed by atoms with Crippen LogP contribution < -0.4 is 23.9 Å². The van der Waals surface area contributed by atoms with Crippen molar-refractivity contribution in [2.45, 2.75) is 38.0 Å². The summed E-state index contributed by atoms with van der Waals surface area (Å²) in [6.07, 6.45) is 1.24. The Kier molecular flexibility index (Phi) is 7.16. The number of benzene rings is 3. The van der Waals surface area contributed by atoms with Crippen LogP contribution in [0.2, 0.25) is 0 Å². The second kappa shape index (κ2) is 10.5. The molecule has 11 heteroatoms. The normalized spacial score (nSPS) is 14.3. The molecule has 1 aliphatic heterocycles. The highest BCUT2D eigenvalue weighted by atomic mass is 32.2. The van der Waals surface area contributed by atoms with Gasteiger partial charge in [0.15, 0.2) is 0 Å². The van der Waals surface area contributed by atoms with Crippen LogP contribution in [-0.2, 0) is 21.5 Å². The molecule has 0 unspecified atom stereocenters. The van der Waals surface area contributed by atoms with Crippen LogP contribution >= 0.6 is 0 Å². The van der Waals surface area contributed by atoms with Crippen molar-refractivity contribution in [2.75, 3.05) is 24.4 Å². The number of ether oxygens (including phenoxy) is 2. The molecule has 0 saturated heterocycles. The summed E-state index contributed by atoms with van der Waals surface area (Å²) < 4.78 is 61.2. The first-order chi connectivity index (χ1) is 19.4. The standard InChI is InChI=1S/C30H29FN2O7S/c1-18-8-9-19(31)15-25(18)39-17-23-21(12-13-24-28(23)33(4)29(34)30(2,3)32-24)22-11-10-20(16-26(22)37-5)40-41(35,36)27-7-6-14-38-27/h6-16,32H,17H2,1-5H3. The predicted octanol–water partition coefficient (Wildman–Crippen LogP) is 5.92. The molecule has 0 aliphatic carbocycles. The maximum absolute atomic E-state index is 14.0. The second-order valence-electron chi connectivity index (χ2n) is 10.1. The van der Waals surface area contributed by atoms with Crippen LogP contribution in [0.5, 0.6) is 17.2 Å². The zero-order valence-electron chi connectivity index (χ0n) is 23.1. The van der Waals surface area contributed by atoms with Gasteiger partial charge in [-0.25, -0.2) is 4.39 Å². The number of fused-ring (bicyclic) bond motifs is 1. The molecule has 0 saturated carbocycles. The lowest BCUT2D eigenvalue weighted by Gasteiger charge is -2.39. The summed E-state index contributed by atoms with van der Waals surface area (Å²) in [6.45, 7) is 5.41. The maximum Gasteiger partial charge on any atom is 0.373 e. The van der Waals surface area contributed by atoms with E-state index in [0.29, 0.717) is 33.9 Å². The number of carbonyl (C=O) groups is 1. The number of hydrogen-bond donors (Lipinski definition) is 1. The fourth-order valence-corrected chi connectivity index (χ4v) is 5.69. The molecule has 0 radical (unpaired) electrons. The maximum atomic E-state index is 14.0. The van der Waals surface area contributed by atoms with Crippen molar-refractivity contribution in [1.29, 1.82) is 0 Å². The Morgan fingerprint density at radius 2 is 1.78 bits per heavy atom. The molecular weight excluding hydrogens is 551 g/mol. The van der Waals surface area contributed by atoms with E-state index in [0.717, 1.165) is 11.3 Å². The molecule has 2 heterocycles. The zero-order valence-corrected chi connectivity index (χ0v) is 24.0. The second-order valence-corrected chi connectivity index (χ2v) is 11.6. The van der Waals surface area contributed by atoms with Gasteiger partial charge in [0, 0.05) is 30.3 Å². The molecule has 1 N–H and O–H groups in total. The van der Waals surface area contributed by atoms with Gasteiger partial charge in [-0.1, -0.05) is 12.1 Å². The third kappa shape index (κ3) is 5.32. The van der Waals surface area contributed by atoms with E-state index in [9.17, 15) is 17.6 Å². The molecule has 41 heavy (non-hydrogen) atoms. The lowest BCUT2D eigenvalue weighted by molar-refractivity contribution is -0.121. The van der Waals surface area contributed by atoms with Gasteiger partial charge in [0.05, 0.1) is 24.7 Å². The number of nitrogens with zero attached hydrogens (tertiary/aromatic N) is 1. The van der Waals surface area contributed by atoms with Gasteiger partial charge in [0.2, 0.25) is 0 Å². The van der Waals surface area contributed by atoms with Crippen LogP contribution in [-0.4, -0.2) is 34.0 Å². The number of carbonyl (C=O) groups excluding carboxylic acids is 1. The predicted molar refractivity (Wildman–Crippen MR) is 152 cm³/mol. The molecule has 9 nitrogen and oxygen atoms in total. The number of hydrogen-bond acceptors (Lipinski definition) is 8. The van der Waals surface area contributed by atoms with Gasteiger partial charge in [0.1, 0.15) is 35.2 Å². The first-order valence-electron chi connectivity index (χ1n) is 12.7. The SMILES string of the molecule is COc1cc(OS(=O)(=O)c2ccco2)ccc1-c1ccc2c(c1COc1cc(F)ccc1C)N(C)C(=O)C(C)(C)N2. The van der Waals surface area contributed by atoms with Crippen LogP contribution in [0, 0.1) is 12.7 Å². The lowest BCUT2D eigenvalue weighted by Crippen LogP contribution is -2.52. The summed E-state index contributed by atoms with van der Waals surface area (Å²) in [7, 11) is -1.04. The smallest absolute Gasteiger partial charge is 0.373 e. The Morgan fingerprint density at radius 1 is 1.02 bits per heavy atom. The van der Waals surface area contributed by atoms with E-state index < -0.39 is 21.5 Å². The summed E-state index contributed by atoms with van der Waals surface area (Å²) in [6, 6.07) is 15.4. The summed E-state index contributed by atoms with van der Waals surface area (Å²) in [5, 5.41) is 2.97. The van der Waals surface area contributed by atoms with Crippen molar-refractivity contribution in [3.63, 3.8) is 0 Å². The lowest BCUT2D eigenvalue weighted by atomic mass is 9.91. The molecule has 5 rings (SSSR count). The van der Waals surface area contributed by atoms with Crippen molar-refractivity contribution >= 4 is 27.4 Å². The summed E-state index contributed by atoms with van der Waals surface area (Å²) in [5.74, 6) is 0.121. The van der Waals surface area contributed by atoms with Gasteiger partial charge in [-0.05, 0) is 68.3 Å². The molecule has 4 aromatic rings. The van der Waals surface area contributed by atoms with E-state index in [1.165, 1.54) is 49.8 Å². The Morgan fingerprint density at radius 3 is 2.49 bits per heavy atom. The van der Waals surface area contributed by atoms with Crippen molar-refractivity contribution in [2.24, 2.45) is 0 Å². The van der Waals surface area contributed by atoms with Gasteiger partial charge >= 0.3 is 10.1 Å². The minimum absolute atomic E-state index is 0.00317. The number of anilines is 2.